The van der Waals surface area contributed by atoms with Gasteiger partial charge in [0.15, 0.2) is 0 Å². The number of aromatic nitrogens is 2. The van der Waals surface area contributed by atoms with Crippen LogP contribution in [0.5, 0.6) is 5.75 Å². The molecular weight excluding hydrogens is 266 g/mol. The molecule has 21 heavy (non-hydrogen) atoms. The van der Waals surface area contributed by atoms with Gasteiger partial charge < -0.3 is 10.1 Å². The minimum Gasteiger partial charge on any atom is -0.496 e. The lowest BCUT2D eigenvalue weighted by atomic mass is 10.1. The Hall–Kier alpha value is -2.43. The van der Waals surface area contributed by atoms with E-state index in [1.54, 1.807) is 13.2 Å². The van der Waals surface area contributed by atoms with Crippen LogP contribution in [-0.4, -0.2) is 23.0 Å². The summed E-state index contributed by atoms with van der Waals surface area (Å²) >= 11 is 0. The molecule has 0 aliphatic carbocycles. The Morgan fingerprint density at radius 2 is 1.86 bits per heavy atom. The van der Waals surface area contributed by atoms with Crippen molar-refractivity contribution >= 4 is 5.91 Å². The number of methoxy groups -OCH3 is 1. The van der Waals surface area contributed by atoms with E-state index >= 15 is 0 Å². The van der Waals surface area contributed by atoms with Crippen LogP contribution in [0.1, 0.15) is 33.1 Å². The molecular formula is C16H19N3O2. The number of ether oxygens (including phenoxy) is 1. The van der Waals surface area contributed by atoms with Crippen molar-refractivity contribution < 1.29 is 9.53 Å². The summed E-state index contributed by atoms with van der Waals surface area (Å²) in [4.78, 5) is 21.0. The minimum atomic E-state index is -0.187. The Kier molecular flexibility index (Phi) is 4.52. The van der Waals surface area contributed by atoms with E-state index in [1.807, 2.05) is 39.0 Å². The van der Waals surface area contributed by atoms with Crippen LogP contribution >= 0.6 is 0 Å². The lowest BCUT2D eigenvalue weighted by Crippen LogP contribution is -2.25. The number of rotatable bonds is 4. The molecule has 0 atom stereocenters. The van der Waals surface area contributed by atoms with E-state index in [-0.39, 0.29) is 5.91 Å². The zero-order chi connectivity index (χ0) is 15.4. The van der Waals surface area contributed by atoms with Gasteiger partial charge >= 0.3 is 0 Å². The number of carbonyl (C=O) groups is 1. The van der Waals surface area contributed by atoms with Gasteiger partial charge in [0.25, 0.3) is 5.91 Å². The maximum atomic E-state index is 12.3. The van der Waals surface area contributed by atoms with Gasteiger partial charge in [0.2, 0.25) is 0 Å². The number of hydrogen-bond acceptors (Lipinski definition) is 4. The Morgan fingerprint density at radius 3 is 2.48 bits per heavy atom. The van der Waals surface area contributed by atoms with Crippen molar-refractivity contribution in [1.29, 1.82) is 0 Å². The number of carbonyl (C=O) groups excluding carboxylic acids is 1. The SMILES string of the molecule is COc1cccc(C)c1C(=O)NCc1nc(C)cc(C)n1. The molecule has 0 aliphatic heterocycles. The fourth-order valence-corrected chi connectivity index (χ4v) is 2.23. The molecule has 0 unspecified atom stereocenters. The quantitative estimate of drug-likeness (QED) is 0.936. The van der Waals surface area contributed by atoms with Gasteiger partial charge in [0.1, 0.15) is 11.6 Å². The Bertz CT molecular complexity index is 648. The van der Waals surface area contributed by atoms with Crippen LogP contribution in [0.2, 0.25) is 0 Å². The summed E-state index contributed by atoms with van der Waals surface area (Å²) in [6.45, 7) is 5.98. The molecule has 110 valence electrons. The zero-order valence-electron chi connectivity index (χ0n) is 12.7. The van der Waals surface area contributed by atoms with Crippen molar-refractivity contribution in [3.63, 3.8) is 0 Å². The first kappa shape index (κ1) is 15.0. The third kappa shape index (κ3) is 3.56. The van der Waals surface area contributed by atoms with Crippen LogP contribution in [0, 0.1) is 20.8 Å². The standard InChI is InChI=1S/C16H19N3O2/c1-10-6-5-7-13(21-4)15(10)16(20)17-9-14-18-11(2)8-12(3)19-14/h5-8H,9H2,1-4H3,(H,17,20). The van der Waals surface area contributed by atoms with Gasteiger partial charge in [-0.3, -0.25) is 4.79 Å². The smallest absolute Gasteiger partial charge is 0.255 e. The molecule has 2 aromatic rings. The molecule has 1 heterocycles. The second-order valence-corrected chi connectivity index (χ2v) is 4.90. The van der Waals surface area contributed by atoms with Crippen molar-refractivity contribution in [3.8, 4) is 5.75 Å². The number of nitrogens with zero attached hydrogens (tertiary/aromatic N) is 2. The predicted octanol–water partition coefficient (Wildman–Crippen LogP) is 2.34. The Labute approximate surface area is 124 Å². The summed E-state index contributed by atoms with van der Waals surface area (Å²) in [5.41, 5.74) is 3.19. The first-order chi connectivity index (χ1) is 10.0. The number of benzene rings is 1. The highest BCUT2D eigenvalue weighted by Gasteiger charge is 2.15. The first-order valence-corrected chi connectivity index (χ1v) is 6.74. The summed E-state index contributed by atoms with van der Waals surface area (Å²) < 4.78 is 5.25. The molecule has 0 saturated carbocycles. The highest BCUT2D eigenvalue weighted by atomic mass is 16.5. The molecule has 0 aliphatic rings. The molecule has 1 aromatic heterocycles. The number of aryl methyl sites for hydroxylation is 3. The molecule has 1 aromatic carbocycles. The maximum absolute atomic E-state index is 12.3. The fraction of sp³-hybridized carbons (Fsp3) is 0.312. The topological polar surface area (TPSA) is 64.1 Å². The molecule has 1 N–H and O–H groups in total. The molecule has 0 bridgehead atoms. The highest BCUT2D eigenvalue weighted by Crippen LogP contribution is 2.21. The lowest BCUT2D eigenvalue weighted by Gasteiger charge is -2.11. The number of amides is 1. The summed E-state index contributed by atoms with van der Waals surface area (Å²) in [6.07, 6.45) is 0. The van der Waals surface area contributed by atoms with Crippen molar-refractivity contribution in [3.05, 3.63) is 52.6 Å². The molecule has 0 fully saturated rings. The average Bonchev–Trinajstić information content (AvgIpc) is 2.43. The van der Waals surface area contributed by atoms with Crippen LogP contribution in [0.3, 0.4) is 0 Å². The Balaban J connectivity index is 2.15. The minimum absolute atomic E-state index is 0.187. The van der Waals surface area contributed by atoms with Crippen molar-refractivity contribution in [2.75, 3.05) is 7.11 Å². The van der Waals surface area contributed by atoms with Gasteiger partial charge in [-0.1, -0.05) is 12.1 Å². The fourth-order valence-electron chi connectivity index (χ4n) is 2.23. The number of nitrogens with one attached hydrogen (secondary N) is 1. The summed E-state index contributed by atoms with van der Waals surface area (Å²) in [5.74, 6) is 0.981. The third-order valence-corrected chi connectivity index (χ3v) is 3.12. The largest absolute Gasteiger partial charge is 0.496 e. The zero-order valence-corrected chi connectivity index (χ0v) is 12.7. The van der Waals surface area contributed by atoms with E-state index in [0.29, 0.717) is 23.7 Å². The molecule has 0 spiro atoms. The van der Waals surface area contributed by atoms with Crippen molar-refractivity contribution in [1.82, 2.24) is 15.3 Å². The van der Waals surface area contributed by atoms with Gasteiger partial charge in [0.05, 0.1) is 19.2 Å². The van der Waals surface area contributed by atoms with E-state index in [0.717, 1.165) is 17.0 Å². The first-order valence-electron chi connectivity index (χ1n) is 6.74. The summed E-state index contributed by atoms with van der Waals surface area (Å²) in [7, 11) is 1.55. The van der Waals surface area contributed by atoms with Crippen molar-refractivity contribution in [2.24, 2.45) is 0 Å². The van der Waals surface area contributed by atoms with Crippen LogP contribution in [0.15, 0.2) is 24.3 Å². The summed E-state index contributed by atoms with van der Waals surface area (Å²) in [5, 5.41) is 2.84. The van der Waals surface area contributed by atoms with E-state index in [4.69, 9.17) is 4.74 Å². The summed E-state index contributed by atoms with van der Waals surface area (Å²) in [6, 6.07) is 7.41. The number of hydrogen-bond donors (Lipinski definition) is 1. The maximum Gasteiger partial charge on any atom is 0.255 e. The molecule has 0 saturated heterocycles. The van der Waals surface area contributed by atoms with Crippen LogP contribution in [0.25, 0.3) is 0 Å². The highest BCUT2D eigenvalue weighted by molar-refractivity contribution is 5.98. The van der Waals surface area contributed by atoms with Crippen LogP contribution in [-0.2, 0) is 6.54 Å². The monoisotopic (exact) mass is 285 g/mol. The van der Waals surface area contributed by atoms with E-state index in [1.165, 1.54) is 0 Å². The lowest BCUT2D eigenvalue weighted by molar-refractivity contribution is 0.0946. The van der Waals surface area contributed by atoms with E-state index in [2.05, 4.69) is 15.3 Å². The van der Waals surface area contributed by atoms with Crippen LogP contribution < -0.4 is 10.1 Å². The molecule has 5 heteroatoms. The van der Waals surface area contributed by atoms with Crippen LogP contribution in [0.4, 0.5) is 0 Å². The van der Waals surface area contributed by atoms with Gasteiger partial charge in [-0.25, -0.2) is 9.97 Å². The molecule has 5 nitrogen and oxygen atoms in total. The van der Waals surface area contributed by atoms with Gasteiger partial charge in [-0.05, 0) is 38.5 Å². The Morgan fingerprint density at radius 1 is 1.19 bits per heavy atom. The van der Waals surface area contributed by atoms with E-state index in [9.17, 15) is 4.79 Å². The van der Waals surface area contributed by atoms with E-state index < -0.39 is 0 Å². The molecule has 0 radical (unpaired) electrons. The second-order valence-electron chi connectivity index (χ2n) is 4.90. The van der Waals surface area contributed by atoms with Crippen molar-refractivity contribution in [2.45, 2.75) is 27.3 Å². The average molecular weight is 285 g/mol. The molecule has 2 rings (SSSR count). The van der Waals surface area contributed by atoms with Gasteiger partial charge in [-0.15, -0.1) is 0 Å². The predicted molar refractivity (Wildman–Crippen MR) is 80.4 cm³/mol. The normalized spacial score (nSPS) is 10.3. The third-order valence-electron chi connectivity index (χ3n) is 3.12. The molecule has 1 amide bonds. The second kappa shape index (κ2) is 6.35. The van der Waals surface area contributed by atoms with Gasteiger partial charge in [0, 0.05) is 11.4 Å². The van der Waals surface area contributed by atoms with Gasteiger partial charge in [-0.2, -0.15) is 0 Å².